The maximum Gasteiger partial charge on any atom is 0.305 e. The molecule has 0 bridgehead atoms. The van der Waals surface area contributed by atoms with Crippen LogP contribution >= 0.6 is 0 Å². The minimum atomic E-state index is -1.13. The van der Waals surface area contributed by atoms with Crippen molar-refractivity contribution >= 4 is 28.5 Å². The Balaban J connectivity index is 2.55. The van der Waals surface area contributed by atoms with Crippen molar-refractivity contribution in [2.24, 2.45) is 0 Å². The Morgan fingerprint density at radius 3 is 2.43 bits per heavy atom. The van der Waals surface area contributed by atoms with Crippen molar-refractivity contribution in [1.29, 1.82) is 0 Å². The molecule has 0 amide bonds. The number of para-hydroxylation sites is 1. The van der Waals surface area contributed by atoms with Crippen LogP contribution in [-0.4, -0.2) is 38.1 Å². The molecule has 0 saturated carbocycles. The van der Waals surface area contributed by atoms with Gasteiger partial charge in [0.15, 0.2) is 0 Å². The lowest BCUT2D eigenvalue weighted by Crippen LogP contribution is -2.19. The lowest BCUT2D eigenvalue weighted by atomic mass is 10.0. The average molecular weight is 416 g/mol. The molecular formula is C24H30FNO4. The van der Waals surface area contributed by atoms with E-state index in [0.29, 0.717) is 0 Å². The standard InChI is InChI=1S/C24H30FNO4/c1-15(2)26-21-8-6-5-7-20(21)24(16(3)9-10-17(4)25)22(26)12-11-18(27)13-19(28)14-23(29)30/h5-12,15,18-19,27-28H,13-14H2,1-4H3,(H,29,30)/b12-11+,16-9+,17-10+/t18-,19-/m0/s1. The van der Waals surface area contributed by atoms with Gasteiger partial charge in [0.2, 0.25) is 0 Å². The molecule has 0 radical (unpaired) electrons. The minimum absolute atomic E-state index is 0.0708. The third-order valence-electron chi connectivity index (χ3n) is 4.82. The summed E-state index contributed by atoms with van der Waals surface area (Å²) >= 11 is 0. The van der Waals surface area contributed by atoms with Crippen molar-refractivity contribution in [3.8, 4) is 0 Å². The molecule has 1 heterocycles. The number of carboxylic acid groups (broad SMARTS) is 1. The van der Waals surface area contributed by atoms with E-state index in [9.17, 15) is 19.4 Å². The van der Waals surface area contributed by atoms with Gasteiger partial charge in [-0.3, -0.25) is 4.79 Å². The highest BCUT2D eigenvalue weighted by Gasteiger charge is 2.19. The van der Waals surface area contributed by atoms with E-state index in [2.05, 4.69) is 18.4 Å². The summed E-state index contributed by atoms with van der Waals surface area (Å²) in [6, 6.07) is 8.07. The fourth-order valence-electron chi connectivity index (χ4n) is 3.59. The number of aliphatic carboxylic acids is 1. The summed E-state index contributed by atoms with van der Waals surface area (Å²) in [6.07, 6.45) is 3.88. The van der Waals surface area contributed by atoms with Gasteiger partial charge in [-0.25, -0.2) is 4.39 Å². The van der Waals surface area contributed by atoms with Crippen molar-refractivity contribution in [2.45, 2.75) is 58.8 Å². The summed E-state index contributed by atoms with van der Waals surface area (Å²) in [6.45, 7) is 7.42. The van der Waals surface area contributed by atoms with Crippen LogP contribution in [-0.2, 0) is 4.79 Å². The SMILES string of the molecule is C/C(F)=C\C=C(/C)c1c(/C=C/[C@H](O)C[C@H](O)CC(=O)O)n(C(C)C)c2ccccc12. The number of hydrogen-bond acceptors (Lipinski definition) is 3. The van der Waals surface area contributed by atoms with Gasteiger partial charge in [-0.1, -0.05) is 30.4 Å². The summed E-state index contributed by atoms with van der Waals surface area (Å²) in [4.78, 5) is 10.7. The van der Waals surface area contributed by atoms with Gasteiger partial charge >= 0.3 is 5.97 Å². The van der Waals surface area contributed by atoms with Crippen LogP contribution < -0.4 is 0 Å². The summed E-state index contributed by atoms with van der Waals surface area (Å²) < 4.78 is 15.4. The smallest absolute Gasteiger partial charge is 0.305 e. The summed E-state index contributed by atoms with van der Waals surface area (Å²) in [5.41, 5.74) is 3.70. The molecule has 0 aliphatic rings. The second-order valence-corrected chi connectivity index (χ2v) is 7.76. The number of aromatic nitrogens is 1. The fourth-order valence-corrected chi connectivity index (χ4v) is 3.59. The Hall–Kier alpha value is -2.70. The molecular weight excluding hydrogens is 385 g/mol. The molecule has 3 N–H and O–H groups in total. The number of aliphatic hydroxyl groups is 2. The van der Waals surface area contributed by atoms with Crippen LogP contribution in [0.4, 0.5) is 4.39 Å². The summed E-state index contributed by atoms with van der Waals surface area (Å²) in [7, 11) is 0. The van der Waals surface area contributed by atoms with Gasteiger partial charge in [0.05, 0.1) is 24.5 Å². The molecule has 0 unspecified atom stereocenters. The monoisotopic (exact) mass is 415 g/mol. The number of rotatable bonds is 9. The highest BCUT2D eigenvalue weighted by molar-refractivity contribution is 5.97. The van der Waals surface area contributed by atoms with E-state index < -0.39 is 24.6 Å². The first kappa shape index (κ1) is 23.6. The fraction of sp³-hybridized carbons (Fsp3) is 0.375. The van der Waals surface area contributed by atoms with Crippen LogP contribution in [0.1, 0.15) is 57.8 Å². The van der Waals surface area contributed by atoms with Crippen LogP contribution in [0.25, 0.3) is 22.6 Å². The molecule has 1 aromatic heterocycles. The Bertz CT molecular complexity index is 980. The first-order chi connectivity index (χ1) is 14.1. The van der Waals surface area contributed by atoms with Gasteiger partial charge in [0, 0.05) is 34.6 Å². The number of halogens is 1. The molecule has 1 aromatic carbocycles. The quantitative estimate of drug-likeness (QED) is 0.498. The molecule has 0 aliphatic carbocycles. The van der Waals surface area contributed by atoms with E-state index >= 15 is 0 Å². The van der Waals surface area contributed by atoms with Crippen LogP contribution in [0.2, 0.25) is 0 Å². The number of allylic oxidation sites excluding steroid dienone is 4. The number of aliphatic hydroxyl groups excluding tert-OH is 2. The average Bonchev–Trinajstić information content (AvgIpc) is 2.98. The maximum absolute atomic E-state index is 13.3. The Morgan fingerprint density at radius 2 is 1.83 bits per heavy atom. The Morgan fingerprint density at radius 1 is 1.17 bits per heavy atom. The van der Waals surface area contributed by atoms with E-state index in [-0.39, 0.29) is 18.3 Å². The predicted octanol–water partition coefficient (Wildman–Crippen LogP) is 5.10. The van der Waals surface area contributed by atoms with Crippen LogP contribution in [0.15, 0.2) is 48.3 Å². The lowest BCUT2D eigenvalue weighted by molar-refractivity contribution is -0.139. The minimum Gasteiger partial charge on any atom is -0.481 e. The lowest BCUT2D eigenvalue weighted by Gasteiger charge is -2.15. The normalized spacial score (nSPS) is 15.3. The highest BCUT2D eigenvalue weighted by Crippen LogP contribution is 2.35. The first-order valence-corrected chi connectivity index (χ1v) is 10.0. The van der Waals surface area contributed by atoms with Gasteiger partial charge in [0.25, 0.3) is 0 Å². The Labute approximate surface area is 176 Å². The number of fused-ring (bicyclic) bond motifs is 1. The maximum atomic E-state index is 13.3. The van der Waals surface area contributed by atoms with Gasteiger partial charge in [-0.05, 0) is 51.5 Å². The topological polar surface area (TPSA) is 82.7 Å². The van der Waals surface area contributed by atoms with E-state index in [0.717, 1.165) is 27.7 Å². The van der Waals surface area contributed by atoms with Gasteiger partial charge in [-0.2, -0.15) is 0 Å². The molecule has 6 heteroatoms. The van der Waals surface area contributed by atoms with Crippen molar-refractivity contribution < 1.29 is 24.5 Å². The Kier molecular flexibility index (Phi) is 8.15. The predicted molar refractivity (Wildman–Crippen MR) is 119 cm³/mol. The largest absolute Gasteiger partial charge is 0.481 e. The molecule has 2 aromatic rings. The second-order valence-electron chi connectivity index (χ2n) is 7.76. The molecule has 2 rings (SSSR count). The van der Waals surface area contributed by atoms with Gasteiger partial charge in [-0.15, -0.1) is 0 Å². The third-order valence-corrected chi connectivity index (χ3v) is 4.82. The van der Waals surface area contributed by atoms with Gasteiger partial charge in [0.1, 0.15) is 0 Å². The third kappa shape index (κ3) is 5.90. The number of carboxylic acids is 1. The van der Waals surface area contributed by atoms with Crippen LogP contribution in [0.5, 0.6) is 0 Å². The summed E-state index contributed by atoms with van der Waals surface area (Å²) in [5.74, 6) is -1.40. The van der Waals surface area contributed by atoms with Crippen molar-refractivity contribution in [3.63, 3.8) is 0 Å². The number of benzene rings is 1. The highest BCUT2D eigenvalue weighted by atomic mass is 19.1. The molecule has 0 aliphatic heterocycles. The number of hydrogen-bond donors (Lipinski definition) is 3. The molecule has 2 atom stereocenters. The molecule has 30 heavy (non-hydrogen) atoms. The van der Waals surface area contributed by atoms with E-state index in [4.69, 9.17) is 5.11 Å². The van der Waals surface area contributed by atoms with Gasteiger partial charge < -0.3 is 19.9 Å². The van der Waals surface area contributed by atoms with Crippen LogP contribution in [0.3, 0.4) is 0 Å². The van der Waals surface area contributed by atoms with E-state index in [1.54, 1.807) is 18.2 Å². The first-order valence-electron chi connectivity index (χ1n) is 10.0. The van der Waals surface area contributed by atoms with Crippen LogP contribution in [0, 0.1) is 0 Å². The second kappa shape index (κ2) is 10.4. The zero-order chi connectivity index (χ0) is 22.4. The van der Waals surface area contributed by atoms with E-state index in [1.807, 2.05) is 31.2 Å². The molecule has 162 valence electrons. The zero-order valence-electron chi connectivity index (χ0n) is 17.8. The molecule has 0 spiro atoms. The van der Waals surface area contributed by atoms with Crippen molar-refractivity contribution in [3.05, 3.63) is 59.6 Å². The molecule has 5 nitrogen and oxygen atoms in total. The number of carbonyl (C=O) groups is 1. The molecule has 0 fully saturated rings. The zero-order valence-corrected chi connectivity index (χ0v) is 17.8. The number of nitrogens with zero attached hydrogens (tertiary/aromatic N) is 1. The van der Waals surface area contributed by atoms with Crippen molar-refractivity contribution in [2.75, 3.05) is 0 Å². The summed E-state index contributed by atoms with van der Waals surface area (Å²) in [5, 5.41) is 29.8. The van der Waals surface area contributed by atoms with E-state index in [1.165, 1.54) is 13.0 Å². The molecule has 0 saturated heterocycles. The van der Waals surface area contributed by atoms with Crippen molar-refractivity contribution in [1.82, 2.24) is 4.57 Å².